The molecule has 2 rings (SSSR count). The average Bonchev–Trinajstić information content (AvgIpc) is 2.96. The summed E-state index contributed by atoms with van der Waals surface area (Å²) in [5.41, 5.74) is 1.27. The minimum Gasteiger partial charge on any atom is -0.467 e. The van der Waals surface area contributed by atoms with E-state index in [2.05, 4.69) is 22.2 Å². The number of rotatable bonds is 6. The second-order valence-electron chi connectivity index (χ2n) is 3.89. The van der Waals surface area contributed by atoms with Crippen LogP contribution < -0.4 is 10.6 Å². The molecular formula is C14H15N3O2. The number of anilines is 1. The van der Waals surface area contributed by atoms with Gasteiger partial charge >= 0.3 is 0 Å². The Kier molecular flexibility index (Phi) is 4.34. The molecule has 0 aromatic carbocycles. The molecule has 2 heterocycles. The van der Waals surface area contributed by atoms with Crippen molar-refractivity contribution in [2.75, 3.05) is 11.9 Å². The van der Waals surface area contributed by atoms with E-state index in [4.69, 9.17) is 4.42 Å². The Morgan fingerprint density at radius 3 is 3.11 bits per heavy atom. The van der Waals surface area contributed by atoms with Crippen molar-refractivity contribution in [3.8, 4) is 0 Å². The Morgan fingerprint density at radius 2 is 2.37 bits per heavy atom. The molecule has 5 nitrogen and oxygen atoms in total. The molecule has 0 unspecified atom stereocenters. The SMILES string of the molecule is C=CCNC(=O)c1cncc(NCc2ccco2)c1. The third-order valence-electron chi connectivity index (χ3n) is 2.45. The molecule has 0 aliphatic carbocycles. The van der Waals surface area contributed by atoms with Crippen LogP contribution in [-0.2, 0) is 6.54 Å². The van der Waals surface area contributed by atoms with Crippen LogP contribution in [0.2, 0.25) is 0 Å². The first-order valence-electron chi connectivity index (χ1n) is 5.90. The normalized spacial score (nSPS) is 9.89. The highest BCUT2D eigenvalue weighted by atomic mass is 16.3. The Balaban J connectivity index is 1.98. The summed E-state index contributed by atoms with van der Waals surface area (Å²) in [4.78, 5) is 15.8. The first kappa shape index (κ1) is 12.9. The van der Waals surface area contributed by atoms with Gasteiger partial charge in [0.05, 0.1) is 24.1 Å². The predicted molar refractivity (Wildman–Crippen MR) is 72.8 cm³/mol. The van der Waals surface area contributed by atoms with Crippen LogP contribution in [0, 0.1) is 0 Å². The van der Waals surface area contributed by atoms with Gasteiger partial charge in [-0.1, -0.05) is 6.08 Å². The molecule has 5 heteroatoms. The first-order chi connectivity index (χ1) is 9.29. The van der Waals surface area contributed by atoms with Crippen molar-refractivity contribution in [1.29, 1.82) is 0 Å². The molecule has 2 N–H and O–H groups in total. The van der Waals surface area contributed by atoms with E-state index >= 15 is 0 Å². The van der Waals surface area contributed by atoms with E-state index in [9.17, 15) is 4.79 Å². The van der Waals surface area contributed by atoms with Crippen LogP contribution in [0.3, 0.4) is 0 Å². The van der Waals surface area contributed by atoms with Crippen molar-refractivity contribution in [3.63, 3.8) is 0 Å². The maximum absolute atomic E-state index is 11.7. The Hall–Kier alpha value is -2.56. The van der Waals surface area contributed by atoms with Crippen LogP contribution in [0.25, 0.3) is 0 Å². The second-order valence-corrected chi connectivity index (χ2v) is 3.89. The van der Waals surface area contributed by atoms with Gasteiger partial charge in [-0.3, -0.25) is 9.78 Å². The lowest BCUT2D eigenvalue weighted by molar-refractivity contribution is 0.0957. The fourth-order valence-corrected chi connectivity index (χ4v) is 1.53. The van der Waals surface area contributed by atoms with Crippen LogP contribution in [0.1, 0.15) is 16.1 Å². The fraction of sp³-hybridized carbons (Fsp3) is 0.143. The topological polar surface area (TPSA) is 67.2 Å². The van der Waals surface area contributed by atoms with Gasteiger partial charge < -0.3 is 15.1 Å². The van der Waals surface area contributed by atoms with Gasteiger partial charge in [0.1, 0.15) is 5.76 Å². The molecule has 0 spiro atoms. The molecule has 98 valence electrons. The standard InChI is InChI=1S/C14H15N3O2/c1-2-5-16-14(18)11-7-12(9-15-8-11)17-10-13-4-3-6-19-13/h2-4,6-9,17H,1,5,10H2,(H,16,18). The minimum absolute atomic E-state index is 0.172. The Labute approximate surface area is 111 Å². The van der Waals surface area contributed by atoms with Gasteiger partial charge in [-0.25, -0.2) is 0 Å². The van der Waals surface area contributed by atoms with Gasteiger partial charge in [-0.2, -0.15) is 0 Å². The molecule has 0 radical (unpaired) electrons. The van der Waals surface area contributed by atoms with Crippen molar-refractivity contribution < 1.29 is 9.21 Å². The summed E-state index contributed by atoms with van der Waals surface area (Å²) >= 11 is 0. The highest BCUT2D eigenvalue weighted by Crippen LogP contribution is 2.10. The van der Waals surface area contributed by atoms with E-state index < -0.39 is 0 Å². The fourth-order valence-electron chi connectivity index (χ4n) is 1.53. The number of hydrogen-bond acceptors (Lipinski definition) is 4. The lowest BCUT2D eigenvalue weighted by Gasteiger charge is -2.06. The monoisotopic (exact) mass is 257 g/mol. The lowest BCUT2D eigenvalue weighted by Crippen LogP contribution is -2.23. The van der Waals surface area contributed by atoms with Crippen molar-refractivity contribution in [3.05, 3.63) is 60.8 Å². The highest BCUT2D eigenvalue weighted by Gasteiger charge is 2.05. The third-order valence-corrected chi connectivity index (χ3v) is 2.45. The van der Waals surface area contributed by atoms with Gasteiger partial charge in [-0.05, 0) is 18.2 Å². The summed E-state index contributed by atoms with van der Waals surface area (Å²) in [5.74, 6) is 0.649. The van der Waals surface area contributed by atoms with Crippen LogP contribution in [-0.4, -0.2) is 17.4 Å². The Bertz CT molecular complexity index is 550. The number of carbonyl (C=O) groups is 1. The lowest BCUT2D eigenvalue weighted by atomic mass is 10.2. The number of nitrogens with zero attached hydrogens (tertiary/aromatic N) is 1. The number of amides is 1. The van der Waals surface area contributed by atoms with Crippen molar-refractivity contribution in [2.45, 2.75) is 6.54 Å². The van der Waals surface area contributed by atoms with Gasteiger partial charge in [0.25, 0.3) is 5.91 Å². The number of carbonyl (C=O) groups excluding carboxylic acids is 1. The number of nitrogens with one attached hydrogen (secondary N) is 2. The molecule has 0 aliphatic heterocycles. The van der Waals surface area contributed by atoms with E-state index in [0.29, 0.717) is 18.7 Å². The molecule has 19 heavy (non-hydrogen) atoms. The molecule has 2 aromatic rings. The van der Waals surface area contributed by atoms with Gasteiger partial charge in [0.15, 0.2) is 0 Å². The molecular weight excluding hydrogens is 242 g/mol. The van der Waals surface area contributed by atoms with Crippen molar-refractivity contribution in [2.24, 2.45) is 0 Å². The van der Waals surface area contributed by atoms with Crippen LogP contribution in [0.5, 0.6) is 0 Å². The van der Waals surface area contributed by atoms with E-state index in [-0.39, 0.29) is 5.91 Å². The van der Waals surface area contributed by atoms with E-state index in [1.165, 1.54) is 6.20 Å². The second kappa shape index (κ2) is 6.39. The van der Waals surface area contributed by atoms with E-state index in [1.807, 2.05) is 12.1 Å². The summed E-state index contributed by atoms with van der Waals surface area (Å²) < 4.78 is 5.21. The molecule has 2 aromatic heterocycles. The molecule has 0 fully saturated rings. The number of hydrogen-bond donors (Lipinski definition) is 2. The summed E-state index contributed by atoms with van der Waals surface area (Å²) in [6.07, 6.45) is 6.43. The van der Waals surface area contributed by atoms with E-state index in [1.54, 1.807) is 24.6 Å². The van der Waals surface area contributed by atoms with Crippen LogP contribution >= 0.6 is 0 Å². The maximum atomic E-state index is 11.7. The molecule has 0 atom stereocenters. The molecule has 1 amide bonds. The van der Waals surface area contributed by atoms with Crippen molar-refractivity contribution in [1.82, 2.24) is 10.3 Å². The predicted octanol–water partition coefficient (Wildman–Crippen LogP) is 2.20. The molecule has 0 saturated heterocycles. The largest absolute Gasteiger partial charge is 0.467 e. The average molecular weight is 257 g/mol. The summed E-state index contributed by atoms with van der Waals surface area (Å²) in [5, 5.41) is 5.84. The number of pyridine rings is 1. The third kappa shape index (κ3) is 3.70. The van der Waals surface area contributed by atoms with Crippen LogP contribution in [0.15, 0.2) is 53.9 Å². The maximum Gasteiger partial charge on any atom is 0.253 e. The number of furan rings is 1. The van der Waals surface area contributed by atoms with Gasteiger partial charge in [0, 0.05) is 18.9 Å². The zero-order valence-electron chi connectivity index (χ0n) is 10.4. The van der Waals surface area contributed by atoms with Crippen molar-refractivity contribution >= 4 is 11.6 Å². The zero-order valence-corrected chi connectivity index (χ0v) is 10.4. The summed E-state index contributed by atoms with van der Waals surface area (Å²) in [7, 11) is 0. The minimum atomic E-state index is -0.172. The first-order valence-corrected chi connectivity index (χ1v) is 5.90. The molecule has 0 saturated carbocycles. The van der Waals surface area contributed by atoms with Crippen LogP contribution in [0.4, 0.5) is 5.69 Å². The van der Waals surface area contributed by atoms with E-state index in [0.717, 1.165) is 11.4 Å². The zero-order chi connectivity index (χ0) is 13.5. The summed E-state index contributed by atoms with van der Waals surface area (Å²) in [6, 6.07) is 5.45. The summed E-state index contributed by atoms with van der Waals surface area (Å²) in [6.45, 7) is 4.53. The Morgan fingerprint density at radius 1 is 1.47 bits per heavy atom. The highest BCUT2D eigenvalue weighted by molar-refractivity contribution is 5.94. The number of aromatic nitrogens is 1. The molecule has 0 bridgehead atoms. The quantitative estimate of drug-likeness (QED) is 0.778. The smallest absolute Gasteiger partial charge is 0.253 e. The van der Waals surface area contributed by atoms with Gasteiger partial charge in [-0.15, -0.1) is 6.58 Å². The van der Waals surface area contributed by atoms with Gasteiger partial charge in [0.2, 0.25) is 0 Å². The molecule has 0 aliphatic rings.